The highest BCUT2D eigenvalue weighted by atomic mass is 35.5. The number of fused-ring (bicyclic) bond motifs is 5. The Morgan fingerprint density at radius 2 is 1.37 bits per heavy atom. The summed E-state index contributed by atoms with van der Waals surface area (Å²) in [4.78, 5) is 37.2. The van der Waals surface area contributed by atoms with Gasteiger partial charge in [0.15, 0.2) is 4.33 Å². The minimum absolute atomic E-state index is 0.161. The smallest absolute Gasteiger partial charge is 0.255 e. The van der Waals surface area contributed by atoms with Gasteiger partial charge >= 0.3 is 0 Å². The van der Waals surface area contributed by atoms with Crippen LogP contribution in [0.1, 0.15) is 21.5 Å². The van der Waals surface area contributed by atoms with Crippen molar-refractivity contribution in [3.05, 3.63) is 69.2 Å². The van der Waals surface area contributed by atoms with E-state index in [1.165, 1.54) is 12.1 Å². The number of allylic oxidation sites excluding steroid dienone is 2. The molecule has 0 radical (unpaired) electrons. The summed E-state index contributed by atoms with van der Waals surface area (Å²) >= 11 is 39.2. The molecule has 182 valence electrons. The van der Waals surface area contributed by atoms with Gasteiger partial charge < -0.3 is 5.32 Å². The van der Waals surface area contributed by atoms with Crippen molar-refractivity contribution < 1.29 is 14.4 Å². The number of benzene rings is 2. The van der Waals surface area contributed by atoms with Crippen molar-refractivity contribution in [3.8, 4) is 0 Å². The van der Waals surface area contributed by atoms with Gasteiger partial charge in [0.25, 0.3) is 5.91 Å². The van der Waals surface area contributed by atoms with Crippen LogP contribution in [-0.4, -0.2) is 31.8 Å². The van der Waals surface area contributed by atoms with Gasteiger partial charge in [0.05, 0.1) is 27.6 Å². The molecule has 2 fully saturated rings. The van der Waals surface area contributed by atoms with Crippen molar-refractivity contribution >= 4 is 98.7 Å². The third kappa shape index (κ3) is 3.12. The van der Waals surface area contributed by atoms with Crippen LogP contribution < -0.4 is 10.2 Å². The number of amides is 3. The molecule has 11 heteroatoms. The maximum Gasteiger partial charge on any atom is 0.255 e. The molecule has 1 heterocycles. The van der Waals surface area contributed by atoms with Crippen molar-refractivity contribution in [1.82, 2.24) is 0 Å². The SMILES string of the molecule is Cc1cc(C)cc(NC(=O)c2cccc(N3C(=O)[C@@H]4[C@@H](C3=O)[C@@]3(Cl)C(Cl)=C(Cl)[C@@]4(Cl)C3(Cl)Cl)c2)c1. The van der Waals surface area contributed by atoms with E-state index in [0.717, 1.165) is 16.0 Å². The molecule has 0 unspecified atom stereocenters. The number of aryl methyl sites for hydroxylation is 2. The van der Waals surface area contributed by atoms with Gasteiger partial charge in [0, 0.05) is 11.3 Å². The third-order valence-electron chi connectivity index (χ3n) is 6.75. The molecule has 1 saturated heterocycles. The minimum atomic E-state index is -2.00. The Morgan fingerprint density at radius 3 is 1.89 bits per heavy atom. The van der Waals surface area contributed by atoms with Gasteiger partial charge in [0.2, 0.25) is 11.8 Å². The Kier molecular flexibility index (Phi) is 5.77. The lowest BCUT2D eigenvalue weighted by molar-refractivity contribution is -0.123. The first-order chi connectivity index (χ1) is 16.3. The van der Waals surface area contributed by atoms with Crippen LogP contribution in [0.3, 0.4) is 0 Å². The van der Waals surface area contributed by atoms with Crippen molar-refractivity contribution in [2.24, 2.45) is 11.8 Å². The second-order valence-electron chi connectivity index (χ2n) is 8.97. The second kappa shape index (κ2) is 8.01. The highest BCUT2D eigenvalue weighted by Crippen LogP contribution is 2.77. The Balaban J connectivity index is 1.50. The molecule has 0 aromatic heterocycles. The van der Waals surface area contributed by atoms with Gasteiger partial charge in [-0.15, -0.1) is 23.2 Å². The van der Waals surface area contributed by atoms with Gasteiger partial charge in [-0.2, -0.15) is 0 Å². The maximum absolute atomic E-state index is 13.5. The standard InChI is InChI=1S/C24H16Cl6N2O3/c1-10-6-11(2)8-13(7-10)31-19(33)12-4-3-5-14(9-12)32-20(34)15-16(21(32)35)23(28)18(26)17(25)22(15,27)24(23,29)30/h3-9,15-16H,1-2H3,(H,31,33)/t15-,16-,22+,23+/m0/s1. The number of imide groups is 1. The number of anilines is 2. The van der Waals surface area contributed by atoms with Crippen LogP contribution in [0, 0.1) is 25.7 Å². The molecular weight excluding hydrogens is 577 g/mol. The summed E-state index contributed by atoms with van der Waals surface area (Å²) in [5, 5.41) is 2.51. The fourth-order valence-electron chi connectivity index (χ4n) is 5.29. The molecule has 3 amide bonds. The number of halogens is 6. The van der Waals surface area contributed by atoms with E-state index in [4.69, 9.17) is 69.6 Å². The number of hydrogen-bond donors (Lipinski definition) is 1. The number of carbonyl (C=O) groups excluding carboxylic acids is 3. The highest BCUT2D eigenvalue weighted by Gasteiger charge is 2.87. The fraction of sp³-hybridized carbons (Fsp3) is 0.292. The highest BCUT2D eigenvalue weighted by molar-refractivity contribution is 6.67. The van der Waals surface area contributed by atoms with Crippen LogP contribution >= 0.6 is 69.6 Å². The number of carbonyl (C=O) groups is 3. The van der Waals surface area contributed by atoms with E-state index in [-0.39, 0.29) is 21.3 Å². The number of rotatable bonds is 3. The molecule has 2 aromatic carbocycles. The Hall–Kier alpha value is -1.47. The molecule has 5 rings (SSSR count). The lowest BCUT2D eigenvalue weighted by atomic mass is 9.84. The van der Waals surface area contributed by atoms with Crippen LogP contribution in [0.25, 0.3) is 0 Å². The van der Waals surface area contributed by atoms with E-state index in [2.05, 4.69) is 5.32 Å². The topological polar surface area (TPSA) is 66.5 Å². The summed E-state index contributed by atoms with van der Waals surface area (Å²) in [7, 11) is 0. The van der Waals surface area contributed by atoms with Crippen LogP contribution in [0.4, 0.5) is 11.4 Å². The fourth-order valence-corrected chi connectivity index (χ4v) is 8.21. The van der Waals surface area contributed by atoms with E-state index in [9.17, 15) is 14.4 Å². The number of nitrogens with zero attached hydrogens (tertiary/aromatic N) is 1. The average molecular weight is 593 g/mol. The third-order valence-corrected chi connectivity index (χ3v) is 11.0. The molecule has 0 spiro atoms. The molecule has 35 heavy (non-hydrogen) atoms. The Morgan fingerprint density at radius 1 is 0.857 bits per heavy atom. The Labute approximate surface area is 231 Å². The van der Waals surface area contributed by atoms with Crippen molar-refractivity contribution in [3.63, 3.8) is 0 Å². The van der Waals surface area contributed by atoms with Gasteiger partial charge in [-0.1, -0.05) is 58.5 Å². The number of alkyl halides is 4. The molecule has 1 N–H and O–H groups in total. The predicted octanol–water partition coefficient (Wildman–Crippen LogP) is 6.51. The van der Waals surface area contributed by atoms with Crippen molar-refractivity contribution in [1.29, 1.82) is 0 Å². The zero-order chi connectivity index (χ0) is 25.7. The van der Waals surface area contributed by atoms with Gasteiger partial charge in [-0.25, -0.2) is 4.90 Å². The normalized spacial score (nSPS) is 30.8. The molecule has 4 atom stereocenters. The lowest BCUT2D eigenvalue weighted by Crippen LogP contribution is -2.50. The summed E-state index contributed by atoms with van der Waals surface area (Å²) in [5.74, 6) is -4.26. The summed E-state index contributed by atoms with van der Waals surface area (Å²) in [6.45, 7) is 3.85. The van der Waals surface area contributed by atoms with Crippen LogP contribution in [0.2, 0.25) is 0 Å². The Bertz CT molecular complexity index is 1310. The first-order valence-corrected chi connectivity index (χ1v) is 12.7. The maximum atomic E-state index is 13.5. The monoisotopic (exact) mass is 590 g/mol. The first kappa shape index (κ1) is 25.2. The number of nitrogens with one attached hydrogen (secondary N) is 1. The zero-order valence-electron chi connectivity index (χ0n) is 18.1. The van der Waals surface area contributed by atoms with E-state index in [0.29, 0.717) is 5.69 Å². The zero-order valence-corrected chi connectivity index (χ0v) is 22.7. The minimum Gasteiger partial charge on any atom is -0.322 e. The van der Waals surface area contributed by atoms with Gasteiger partial charge in [-0.05, 0) is 55.3 Å². The largest absolute Gasteiger partial charge is 0.322 e. The molecule has 2 bridgehead atoms. The molecule has 2 aromatic rings. The molecule has 1 saturated carbocycles. The van der Waals surface area contributed by atoms with Gasteiger partial charge in [0.1, 0.15) is 9.75 Å². The summed E-state index contributed by atoms with van der Waals surface area (Å²) < 4.78 is -2.00. The van der Waals surface area contributed by atoms with E-state index < -0.39 is 43.6 Å². The molecule has 5 nitrogen and oxygen atoms in total. The molecule has 1 aliphatic heterocycles. The summed E-state index contributed by atoms with van der Waals surface area (Å²) in [5.41, 5.74) is 3.02. The van der Waals surface area contributed by atoms with E-state index in [1.54, 1.807) is 12.1 Å². The van der Waals surface area contributed by atoms with Crippen molar-refractivity contribution in [2.75, 3.05) is 10.2 Å². The molecule has 3 aliphatic rings. The van der Waals surface area contributed by atoms with Crippen LogP contribution in [0.5, 0.6) is 0 Å². The number of hydrogen-bond acceptors (Lipinski definition) is 3. The van der Waals surface area contributed by atoms with Crippen molar-refractivity contribution in [2.45, 2.75) is 27.9 Å². The quantitative estimate of drug-likeness (QED) is 0.326. The van der Waals surface area contributed by atoms with E-state index >= 15 is 0 Å². The van der Waals surface area contributed by atoms with E-state index in [1.807, 2.05) is 32.0 Å². The predicted molar refractivity (Wildman–Crippen MR) is 140 cm³/mol. The average Bonchev–Trinajstić information content (AvgIpc) is 3.17. The van der Waals surface area contributed by atoms with Crippen LogP contribution in [0.15, 0.2) is 52.5 Å². The lowest BCUT2D eigenvalue weighted by Gasteiger charge is -2.34. The summed E-state index contributed by atoms with van der Waals surface area (Å²) in [6.07, 6.45) is 0. The molecular formula is C24H16Cl6N2O3. The van der Waals surface area contributed by atoms with Gasteiger partial charge in [-0.3, -0.25) is 14.4 Å². The first-order valence-electron chi connectivity index (χ1n) is 10.5. The summed E-state index contributed by atoms with van der Waals surface area (Å²) in [6, 6.07) is 11.8. The van der Waals surface area contributed by atoms with Crippen LogP contribution in [-0.2, 0) is 9.59 Å². The second-order valence-corrected chi connectivity index (χ2v) is 12.2. The molecule has 2 aliphatic carbocycles.